The van der Waals surface area contributed by atoms with E-state index in [-0.39, 0.29) is 12.1 Å². The Labute approximate surface area is 134 Å². The Balaban J connectivity index is 2.14. The van der Waals surface area contributed by atoms with E-state index in [0.717, 1.165) is 50.9 Å². The largest absolute Gasteiger partial charge is 0.494 e. The van der Waals surface area contributed by atoms with Gasteiger partial charge in [0.1, 0.15) is 11.9 Å². The number of benzene rings is 1. The molecule has 1 rings (SSSR count). The van der Waals surface area contributed by atoms with Crippen molar-refractivity contribution in [3.05, 3.63) is 42.5 Å². The first-order valence-electron chi connectivity index (χ1n) is 8.17. The van der Waals surface area contributed by atoms with Gasteiger partial charge >= 0.3 is 5.97 Å². The van der Waals surface area contributed by atoms with E-state index in [1.165, 1.54) is 0 Å². The standard InChI is InChI=1S/C19H28O3/c1-4-11-18(22-19(20)16(2)3)14-9-6-10-15-21-17-12-7-5-8-13-17/h5,7-8,12-13,18H,2,4,6,9-11,14-15H2,1,3H3. The number of hydrogen-bond acceptors (Lipinski definition) is 3. The number of carbonyl (C=O) groups is 1. The molecule has 0 heterocycles. The van der Waals surface area contributed by atoms with Gasteiger partial charge in [0.25, 0.3) is 0 Å². The average Bonchev–Trinajstić information content (AvgIpc) is 2.51. The lowest BCUT2D eigenvalue weighted by Gasteiger charge is -2.17. The van der Waals surface area contributed by atoms with Crippen LogP contribution in [0, 0.1) is 0 Å². The Hall–Kier alpha value is -1.77. The Bertz CT molecular complexity index is 439. The Morgan fingerprint density at radius 2 is 1.86 bits per heavy atom. The molecule has 3 heteroatoms. The van der Waals surface area contributed by atoms with Gasteiger partial charge in [0, 0.05) is 5.57 Å². The topological polar surface area (TPSA) is 35.5 Å². The van der Waals surface area contributed by atoms with E-state index in [1.54, 1.807) is 6.92 Å². The first-order valence-corrected chi connectivity index (χ1v) is 8.17. The summed E-state index contributed by atoms with van der Waals surface area (Å²) in [6.45, 7) is 8.15. The molecule has 0 spiro atoms. The van der Waals surface area contributed by atoms with Crippen molar-refractivity contribution in [3.63, 3.8) is 0 Å². The normalized spacial score (nSPS) is 11.7. The van der Waals surface area contributed by atoms with E-state index in [4.69, 9.17) is 9.47 Å². The fraction of sp³-hybridized carbons (Fsp3) is 0.526. The first-order chi connectivity index (χ1) is 10.6. The SMILES string of the molecule is C=C(C)C(=O)OC(CCC)CCCCCOc1ccccc1. The van der Waals surface area contributed by atoms with Crippen LogP contribution in [0.5, 0.6) is 5.75 Å². The van der Waals surface area contributed by atoms with Crippen LogP contribution < -0.4 is 4.74 Å². The van der Waals surface area contributed by atoms with Crippen LogP contribution >= 0.6 is 0 Å². The monoisotopic (exact) mass is 304 g/mol. The molecule has 0 radical (unpaired) electrons. The Morgan fingerprint density at radius 1 is 1.14 bits per heavy atom. The minimum absolute atomic E-state index is 0.0178. The second-order valence-corrected chi connectivity index (χ2v) is 5.61. The third kappa shape index (κ3) is 7.87. The van der Waals surface area contributed by atoms with Gasteiger partial charge in [-0.25, -0.2) is 4.79 Å². The van der Waals surface area contributed by atoms with Crippen molar-refractivity contribution in [2.75, 3.05) is 6.61 Å². The van der Waals surface area contributed by atoms with Crippen molar-refractivity contribution in [1.29, 1.82) is 0 Å². The summed E-state index contributed by atoms with van der Waals surface area (Å²) in [4.78, 5) is 11.6. The van der Waals surface area contributed by atoms with Gasteiger partial charge in [-0.15, -0.1) is 0 Å². The predicted molar refractivity (Wildman–Crippen MR) is 90.0 cm³/mol. The van der Waals surface area contributed by atoms with Gasteiger partial charge in [-0.05, 0) is 51.2 Å². The second kappa shape index (κ2) is 10.9. The number of hydrogen-bond donors (Lipinski definition) is 0. The van der Waals surface area contributed by atoms with E-state index < -0.39 is 0 Å². The predicted octanol–water partition coefficient (Wildman–Crippen LogP) is 4.91. The molecular formula is C19H28O3. The number of unbranched alkanes of at least 4 members (excludes halogenated alkanes) is 2. The molecule has 1 aromatic rings. The number of rotatable bonds is 11. The molecule has 0 aliphatic rings. The van der Waals surface area contributed by atoms with Crippen LogP contribution in [-0.2, 0) is 9.53 Å². The maximum atomic E-state index is 11.6. The van der Waals surface area contributed by atoms with Gasteiger partial charge in [-0.3, -0.25) is 0 Å². The summed E-state index contributed by atoms with van der Waals surface area (Å²) in [5.41, 5.74) is 0.470. The molecule has 0 saturated heterocycles. The molecule has 0 fully saturated rings. The summed E-state index contributed by atoms with van der Waals surface area (Å²) in [5, 5.41) is 0. The van der Waals surface area contributed by atoms with Crippen molar-refractivity contribution < 1.29 is 14.3 Å². The van der Waals surface area contributed by atoms with E-state index >= 15 is 0 Å². The first kappa shape index (κ1) is 18.3. The third-order valence-electron chi connectivity index (χ3n) is 3.42. The molecule has 0 bridgehead atoms. The summed E-state index contributed by atoms with van der Waals surface area (Å²) < 4.78 is 11.1. The molecule has 1 aromatic carbocycles. The van der Waals surface area contributed by atoms with E-state index in [2.05, 4.69) is 13.5 Å². The van der Waals surface area contributed by atoms with Crippen LogP contribution in [0.3, 0.4) is 0 Å². The van der Waals surface area contributed by atoms with Crippen LogP contribution in [0.4, 0.5) is 0 Å². The highest BCUT2D eigenvalue weighted by atomic mass is 16.5. The molecule has 1 unspecified atom stereocenters. The fourth-order valence-electron chi connectivity index (χ4n) is 2.19. The highest BCUT2D eigenvalue weighted by molar-refractivity contribution is 5.87. The Kier molecular flexibility index (Phi) is 9.04. The van der Waals surface area contributed by atoms with Crippen LogP contribution in [0.15, 0.2) is 42.5 Å². The lowest BCUT2D eigenvalue weighted by Crippen LogP contribution is -2.18. The van der Waals surface area contributed by atoms with Crippen LogP contribution in [0.2, 0.25) is 0 Å². The van der Waals surface area contributed by atoms with Gasteiger partial charge in [-0.1, -0.05) is 38.1 Å². The summed E-state index contributed by atoms with van der Waals surface area (Å²) >= 11 is 0. The molecule has 3 nitrogen and oxygen atoms in total. The molecule has 0 aliphatic carbocycles. The molecule has 22 heavy (non-hydrogen) atoms. The number of esters is 1. The lowest BCUT2D eigenvalue weighted by molar-refractivity contribution is -0.144. The van der Waals surface area contributed by atoms with Gasteiger partial charge < -0.3 is 9.47 Å². The lowest BCUT2D eigenvalue weighted by atomic mass is 10.1. The zero-order valence-corrected chi connectivity index (χ0v) is 13.8. The summed E-state index contributed by atoms with van der Waals surface area (Å²) in [5.74, 6) is 0.646. The van der Waals surface area contributed by atoms with Crippen molar-refractivity contribution in [2.45, 2.75) is 58.5 Å². The van der Waals surface area contributed by atoms with Crippen molar-refractivity contribution in [3.8, 4) is 5.75 Å². The summed E-state index contributed by atoms with van der Waals surface area (Å²) in [7, 11) is 0. The van der Waals surface area contributed by atoms with Gasteiger partial charge in [0.15, 0.2) is 0 Å². The molecular weight excluding hydrogens is 276 g/mol. The highest BCUT2D eigenvalue weighted by Gasteiger charge is 2.13. The molecule has 0 amide bonds. The van der Waals surface area contributed by atoms with Crippen LogP contribution in [-0.4, -0.2) is 18.7 Å². The van der Waals surface area contributed by atoms with E-state index in [9.17, 15) is 4.79 Å². The second-order valence-electron chi connectivity index (χ2n) is 5.61. The molecule has 0 saturated carbocycles. The number of ether oxygens (including phenoxy) is 2. The smallest absolute Gasteiger partial charge is 0.333 e. The van der Waals surface area contributed by atoms with Crippen molar-refractivity contribution >= 4 is 5.97 Å². The van der Waals surface area contributed by atoms with Crippen molar-refractivity contribution in [1.82, 2.24) is 0 Å². The van der Waals surface area contributed by atoms with Crippen LogP contribution in [0.25, 0.3) is 0 Å². The summed E-state index contributed by atoms with van der Waals surface area (Å²) in [6, 6.07) is 9.86. The molecule has 0 aromatic heterocycles. The molecule has 0 N–H and O–H groups in total. The minimum atomic E-state index is -0.272. The highest BCUT2D eigenvalue weighted by Crippen LogP contribution is 2.14. The van der Waals surface area contributed by atoms with Crippen LogP contribution in [0.1, 0.15) is 52.4 Å². The van der Waals surface area contributed by atoms with Gasteiger partial charge in [-0.2, -0.15) is 0 Å². The molecule has 0 aliphatic heterocycles. The van der Waals surface area contributed by atoms with E-state index in [1.807, 2.05) is 30.3 Å². The minimum Gasteiger partial charge on any atom is -0.494 e. The van der Waals surface area contributed by atoms with E-state index in [0.29, 0.717) is 5.57 Å². The maximum Gasteiger partial charge on any atom is 0.333 e. The van der Waals surface area contributed by atoms with Gasteiger partial charge in [0.05, 0.1) is 6.61 Å². The summed E-state index contributed by atoms with van der Waals surface area (Å²) in [6.07, 6.45) is 6.01. The Morgan fingerprint density at radius 3 is 2.50 bits per heavy atom. The molecule has 122 valence electrons. The third-order valence-corrected chi connectivity index (χ3v) is 3.42. The number of carbonyl (C=O) groups excluding carboxylic acids is 1. The van der Waals surface area contributed by atoms with Crippen molar-refractivity contribution in [2.24, 2.45) is 0 Å². The molecule has 1 atom stereocenters. The maximum absolute atomic E-state index is 11.6. The number of para-hydroxylation sites is 1. The zero-order valence-electron chi connectivity index (χ0n) is 13.8. The average molecular weight is 304 g/mol. The van der Waals surface area contributed by atoms with Gasteiger partial charge in [0.2, 0.25) is 0 Å². The fourth-order valence-corrected chi connectivity index (χ4v) is 2.19. The zero-order chi connectivity index (χ0) is 16.2. The quantitative estimate of drug-likeness (QED) is 0.331.